The summed E-state index contributed by atoms with van der Waals surface area (Å²) in [4.78, 5) is 0. The highest BCUT2D eigenvalue weighted by Gasteiger charge is 2.19. The van der Waals surface area contributed by atoms with Crippen molar-refractivity contribution in [3.8, 4) is 5.75 Å². The molecule has 1 aromatic rings. The maximum Gasteiger partial charge on any atom is 0.131 e. The molecule has 2 nitrogen and oxygen atoms in total. The Balaban J connectivity index is 2.86. The Morgan fingerprint density at radius 1 is 1.35 bits per heavy atom. The fraction of sp³-hybridized carbons (Fsp3) is 0.625. The molecule has 114 valence electrons. The first-order valence-corrected chi connectivity index (χ1v) is 8.06. The molecule has 0 saturated heterocycles. The van der Waals surface area contributed by atoms with E-state index in [0.29, 0.717) is 5.75 Å². The molecule has 0 heterocycles. The van der Waals surface area contributed by atoms with Crippen molar-refractivity contribution in [1.82, 2.24) is 5.32 Å². The quantitative estimate of drug-likeness (QED) is 0.806. The van der Waals surface area contributed by atoms with Gasteiger partial charge in [-0.25, -0.2) is 4.39 Å². The van der Waals surface area contributed by atoms with E-state index in [1.807, 2.05) is 23.9 Å². The zero-order valence-corrected chi connectivity index (χ0v) is 13.9. The van der Waals surface area contributed by atoms with Crippen molar-refractivity contribution in [3.05, 3.63) is 29.6 Å². The first-order chi connectivity index (χ1) is 9.37. The highest BCUT2D eigenvalue weighted by atomic mass is 32.2. The summed E-state index contributed by atoms with van der Waals surface area (Å²) in [5, 5.41) is 3.43. The molecular formula is C16H26FNOS. The van der Waals surface area contributed by atoms with Crippen LogP contribution in [0.3, 0.4) is 0 Å². The van der Waals surface area contributed by atoms with Crippen molar-refractivity contribution in [2.45, 2.75) is 44.9 Å². The average Bonchev–Trinajstić information content (AvgIpc) is 2.38. The second-order valence-electron chi connectivity index (χ2n) is 5.82. The predicted octanol–water partition coefficient (Wildman–Crippen LogP) is 4.41. The monoisotopic (exact) mass is 299 g/mol. The van der Waals surface area contributed by atoms with E-state index in [-0.39, 0.29) is 16.6 Å². The van der Waals surface area contributed by atoms with Crippen LogP contribution >= 0.6 is 11.8 Å². The lowest BCUT2D eigenvalue weighted by atomic mass is 10.1. The van der Waals surface area contributed by atoms with Crippen LogP contribution in [-0.2, 0) is 0 Å². The van der Waals surface area contributed by atoms with Crippen molar-refractivity contribution in [2.24, 2.45) is 0 Å². The molecule has 1 rings (SSSR count). The van der Waals surface area contributed by atoms with Gasteiger partial charge in [-0.3, -0.25) is 0 Å². The van der Waals surface area contributed by atoms with Gasteiger partial charge in [-0.1, -0.05) is 33.8 Å². The molecule has 20 heavy (non-hydrogen) atoms. The van der Waals surface area contributed by atoms with Crippen molar-refractivity contribution in [3.63, 3.8) is 0 Å². The van der Waals surface area contributed by atoms with Crippen LogP contribution in [0.5, 0.6) is 5.75 Å². The summed E-state index contributed by atoms with van der Waals surface area (Å²) in [6.07, 6.45) is 1.04. The minimum Gasteiger partial charge on any atom is -0.497 e. The molecule has 4 heteroatoms. The van der Waals surface area contributed by atoms with Gasteiger partial charge >= 0.3 is 0 Å². The van der Waals surface area contributed by atoms with Crippen LogP contribution in [0.1, 0.15) is 45.7 Å². The summed E-state index contributed by atoms with van der Waals surface area (Å²) in [6.45, 7) is 9.54. The van der Waals surface area contributed by atoms with Gasteiger partial charge in [0.05, 0.1) is 7.11 Å². The fourth-order valence-electron chi connectivity index (χ4n) is 1.83. The standard InChI is InChI=1S/C16H26FNOS/c1-6-9-18-15(11-20-16(2,3)4)13-8-7-12(19-5)10-14(13)17/h7-8,10,15,18H,6,9,11H2,1-5H3. The number of ether oxygens (including phenoxy) is 1. The lowest BCUT2D eigenvalue weighted by Gasteiger charge is -2.24. The van der Waals surface area contributed by atoms with Crippen molar-refractivity contribution in [2.75, 3.05) is 19.4 Å². The highest BCUT2D eigenvalue weighted by Crippen LogP contribution is 2.30. The van der Waals surface area contributed by atoms with Gasteiger partial charge in [-0.05, 0) is 19.0 Å². The van der Waals surface area contributed by atoms with Gasteiger partial charge in [-0.15, -0.1) is 0 Å². The second-order valence-corrected chi connectivity index (χ2v) is 7.66. The van der Waals surface area contributed by atoms with E-state index >= 15 is 0 Å². The van der Waals surface area contributed by atoms with Gasteiger partial charge < -0.3 is 10.1 Å². The summed E-state index contributed by atoms with van der Waals surface area (Å²) in [5.74, 6) is 1.21. The molecule has 0 aliphatic heterocycles. The van der Waals surface area contributed by atoms with E-state index in [9.17, 15) is 4.39 Å². The van der Waals surface area contributed by atoms with Gasteiger partial charge in [0.25, 0.3) is 0 Å². The molecule has 0 bridgehead atoms. The molecule has 0 spiro atoms. The lowest BCUT2D eigenvalue weighted by molar-refractivity contribution is 0.409. The molecule has 0 aliphatic rings. The van der Waals surface area contributed by atoms with Crippen LogP contribution in [0.15, 0.2) is 18.2 Å². The highest BCUT2D eigenvalue weighted by molar-refractivity contribution is 8.00. The van der Waals surface area contributed by atoms with Gasteiger partial charge in [0.2, 0.25) is 0 Å². The van der Waals surface area contributed by atoms with Crippen LogP contribution in [0, 0.1) is 5.82 Å². The molecule has 0 aromatic heterocycles. The molecule has 0 saturated carbocycles. The first-order valence-electron chi connectivity index (χ1n) is 7.08. The minimum absolute atomic E-state index is 0.0325. The number of benzene rings is 1. The zero-order chi connectivity index (χ0) is 15.2. The van der Waals surface area contributed by atoms with E-state index < -0.39 is 0 Å². The molecule has 1 atom stereocenters. The average molecular weight is 299 g/mol. The van der Waals surface area contributed by atoms with Crippen molar-refractivity contribution in [1.29, 1.82) is 0 Å². The summed E-state index contributed by atoms with van der Waals surface area (Å²) >= 11 is 1.85. The third-order valence-electron chi connectivity index (χ3n) is 2.91. The summed E-state index contributed by atoms with van der Waals surface area (Å²) in [6, 6.07) is 5.13. The normalized spacial score (nSPS) is 13.3. The van der Waals surface area contributed by atoms with E-state index in [0.717, 1.165) is 24.3 Å². The Bertz CT molecular complexity index is 417. The topological polar surface area (TPSA) is 21.3 Å². The number of hydrogen-bond donors (Lipinski definition) is 1. The van der Waals surface area contributed by atoms with Gasteiger partial charge in [0.1, 0.15) is 11.6 Å². The molecule has 0 radical (unpaired) electrons. The maximum atomic E-state index is 14.2. The molecule has 1 N–H and O–H groups in total. The van der Waals surface area contributed by atoms with Crippen molar-refractivity contribution >= 4 is 11.8 Å². The fourth-order valence-corrected chi connectivity index (χ4v) is 2.79. The molecule has 0 aliphatic carbocycles. The number of hydrogen-bond acceptors (Lipinski definition) is 3. The van der Waals surface area contributed by atoms with Crippen LogP contribution in [0.2, 0.25) is 0 Å². The Labute approximate surface area is 126 Å². The van der Waals surface area contributed by atoms with E-state index in [2.05, 4.69) is 33.0 Å². The van der Waals surface area contributed by atoms with Gasteiger partial charge in [0, 0.05) is 28.2 Å². The van der Waals surface area contributed by atoms with Crippen LogP contribution in [0.4, 0.5) is 4.39 Å². The number of thioether (sulfide) groups is 1. The van der Waals surface area contributed by atoms with Crippen LogP contribution in [-0.4, -0.2) is 24.2 Å². The molecule has 1 unspecified atom stereocenters. The number of rotatable bonds is 7. The predicted molar refractivity (Wildman–Crippen MR) is 86.2 cm³/mol. The molecular weight excluding hydrogens is 273 g/mol. The van der Waals surface area contributed by atoms with E-state index in [1.165, 1.54) is 6.07 Å². The number of nitrogens with one attached hydrogen (secondary N) is 1. The molecule has 0 amide bonds. The second kappa shape index (κ2) is 7.89. The Hall–Kier alpha value is -0.740. The van der Waals surface area contributed by atoms with E-state index in [4.69, 9.17) is 4.74 Å². The van der Waals surface area contributed by atoms with E-state index in [1.54, 1.807) is 7.11 Å². The van der Waals surface area contributed by atoms with Gasteiger partial charge in [-0.2, -0.15) is 11.8 Å². The third-order valence-corrected chi connectivity index (χ3v) is 4.27. The lowest BCUT2D eigenvalue weighted by Crippen LogP contribution is -2.26. The SMILES string of the molecule is CCCNC(CSC(C)(C)C)c1ccc(OC)cc1F. The summed E-state index contributed by atoms with van der Waals surface area (Å²) in [5.41, 5.74) is 0.719. The van der Waals surface area contributed by atoms with Crippen molar-refractivity contribution < 1.29 is 9.13 Å². The third kappa shape index (κ3) is 5.71. The molecule has 0 fully saturated rings. The maximum absolute atomic E-state index is 14.2. The largest absolute Gasteiger partial charge is 0.497 e. The van der Waals surface area contributed by atoms with Crippen LogP contribution < -0.4 is 10.1 Å². The number of halogens is 1. The summed E-state index contributed by atoms with van der Waals surface area (Å²) < 4.78 is 19.4. The first kappa shape index (κ1) is 17.3. The van der Waals surface area contributed by atoms with Crippen LogP contribution in [0.25, 0.3) is 0 Å². The Morgan fingerprint density at radius 3 is 2.55 bits per heavy atom. The smallest absolute Gasteiger partial charge is 0.131 e. The molecule has 1 aromatic carbocycles. The Morgan fingerprint density at radius 2 is 2.05 bits per heavy atom. The minimum atomic E-state index is -0.201. The summed E-state index contributed by atoms with van der Waals surface area (Å²) in [7, 11) is 1.55. The van der Waals surface area contributed by atoms with Gasteiger partial charge in [0.15, 0.2) is 0 Å². The Kier molecular flexibility index (Phi) is 6.83. The zero-order valence-electron chi connectivity index (χ0n) is 13.1. The number of methoxy groups -OCH3 is 1.